The van der Waals surface area contributed by atoms with Crippen molar-refractivity contribution in [2.75, 3.05) is 19.7 Å². The zero-order valence-electron chi connectivity index (χ0n) is 19.6. The number of aromatic nitrogens is 1. The quantitative estimate of drug-likeness (QED) is 0.502. The number of carbonyl (C=O) groups excluding carboxylic acids is 1. The normalized spacial score (nSPS) is 22.0. The smallest absolute Gasteiger partial charge is 0.224 e. The summed E-state index contributed by atoms with van der Waals surface area (Å²) in [5.41, 5.74) is 2.38. The highest BCUT2D eigenvalue weighted by molar-refractivity contribution is 5.83. The Morgan fingerprint density at radius 2 is 1.94 bits per heavy atom. The second kappa shape index (κ2) is 10.6. The number of fused-ring (bicyclic) bond motifs is 1. The summed E-state index contributed by atoms with van der Waals surface area (Å²) < 4.78 is 19.5. The van der Waals surface area contributed by atoms with E-state index in [9.17, 15) is 9.18 Å². The van der Waals surface area contributed by atoms with Crippen LogP contribution in [0.2, 0.25) is 0 Å². The van der Waals surface area contributed by atoms with Crippen LogP contribution in [0.1, 0.15) is 44.1 Å². The summed E-state index contributed by atoms with van der Waals surface area (Å²) in [5, 5.41) is 4.56. The van der Waals surface area contributed by atoms with Gasteiger partial charge < -0.3 is 15.0 Å². The van der Waals surface area contributed by atoms with Gasteiger partial charge in [0.05, 0.1) is 12.5 Å². The third-order valence-corrected chi connectivity index (χ3v) is 7.29. The molecule has 0 radical (unpaired) electrons. The molecule has 2 N–H and O–H groups in total. The monoisotopic (exact) mass is 463 g/mol. The van der Waals surface area contributed by atoms with Crippen LogP contribution >= 0.6 is 0 Å². The standard InChI is InChI=1S/C28H34FN3O2/c29-23-7-6-10-25(14-23)34-19-20-13-21(28(33)31-24-8-2-1-3-9-24)17-32(16-20)18-22-15-30-27-12-5-4-11-26(22)27/h4-7,10-12,14-15,20-21,24,30H,1-3,8-9,13,16-19H2,(H,31,33)/t20-,21+/m0/s1. The van der Waals surface area contributed by atoms with Crippen LogP contribution in [0.4, 0.5) is 4.39 Å². The molecule has 2 heterocycles. The van der Waals surface area contributed by atoms with Gasteiger partial charge in [-0.25, -0.2) is 4.39 Å². The number of halogens is 1. The summed E-state index contributed by atoms with van der Waals surface area (Å²) in [6.07, 6.45) is 8.71. The highest BCUT2D eigenvalue weighted by Gasteiger charge is 2.33. The second-order valence-corrected chi connectivity index (χ2v) is 9.96. The first kappa shape index (κ1) is 22.9. The van der Waals surface area contributed by atoms with Gasteiger partial charge in [-0.2, -0.15) is 0 Å². The summed E-state index contributed by atoms with van der Waals surface area (Å²) in [4.78, 5) is 19.0. The summed E-state index contributed by atoms with van der Waals surface area (Å²) in [5.74, 6) is 0.543. The van der Waals surface area contributed by atoms with Crippen LogP contribution in [0, 0.1) is 17.7 Å². The average molecular weight is 464 g/mol. The number of hydrogen-bond donors (Lipinski definition) is 2. The molecule has 1 saturated heterocycles. The number of nitrogens with zero attached hydrogens (tertiary/aromatic N) is 1. The maximum Gasteiger partial charge on any atom is 0.224 e. The number of likely N-dealkylation sites (tertiary alicyclic amines) is 1. The number of nitrogens with one attached hydrogen (secondary N) is 2. The maximum absolute atomic E-state index is 13.6. The minimum Gasteiger partial charge on any atom is -0.493 e. The molecule has 34 heavy (non-hydrogen) atoms. The molecule has 1 aromatic heterocycles. The van der Waals surface area contributed by atoms with E-state index in [-0.39, 0.29) is 23.6 Å². The number of carbonyl (C=O) groups is 1. The summed E-state index contributed by atoms with van der Waals surface area (Å²) in [6.45, 7) is 2.85. The lowest BCUT2D eigenvalue weighted by atomic mass is 9.87. The molecule has 0 unspecified atom stereocenters. The van der Waals surface area contributed by atoms with Crippen molar-refractivity contribution in [2.24, 2.45) is 11.8 Å². The van der Waals surface area contributed by atoms with E-state index < -0.39 is 0 Å². The van der Waals surface area contributed by atoms with E-state index in [1.54, 1.807) is 12.1 Å². The van der Waals surface area contributed by atoms with Gasteiger partial charge >= 0.3 is 0 Å². The van der Waals surface area contributed by atoms with Gasteiger partial charge in [0.15, 0.2) is 0 Å². The second-order valence-electron chi connectivity index (χ2n) is 9.96. The lowest BCUT2D eigenvalue weighted by Gasteiger charge is -2.37. The van der Waals surface area contributed by atoms with Crippen molar-refractivity contribution in [1.29, 1.82) is 0 Å². The zero-order valence-corrected chi connectivity index (χ0v) is 19.6. The van der Waals surface area contributed by atoms with E-state index in [1.165, 1.54) is 42.3 Å². The number of ether oxygens (including phenoxy) is 1. The van der Waals surface area contributed by atoms with Crippen LogP contribution in [0.3, 0.4) is 0 Å². The topological polar surface area (TPSA) is 57.4 Å². The first-order valence-electron chi connectivity index (χ1n) is 12.6. The molecule has 2 aliphatic rings. The Hall–Kier alpha value is -2.86. The fourth-order valence-corrected chi connectivity index (χ4v) is 5.58. The maximum atomic E-state index is 13.6. The molecular formula is C28H34FN3O2. The molecule has 180 valence electrons. The Bertz CT molecular complexity index is 1110. The van der Waals surface area contributed by atoms with Crippen LogP contribution in [-0.4, -0.2) is 41.5 Å². The zero-order chi connectivity index (χ0) is 23.3. The lowest BCUT2D eigenvalue weighted by molar-refractivity contribution is -0.128. The molecular weight excluding hydrogens is 429 g/mol. The van der Waals surface area contributed by atoms with E-state index in [2.05, 4.69) is 39.6 Å². The molecule has 2 aromatic carbocycles. The largest absolute Gasteiger partial charge is 0.493 e. The molecule has 0 bridgehead atoms. The highest BCUT2D eigenvalue weighted by atomic mass is 19.1. The third kappa shape index (κ3) is 5.61. The Kier molecular flexibility index (Phi) is 7.14. The number of aromatic amines is 1. The Labute approximate surface area is 200 Å². The first-order valence-corrected chi connectivity index (χ1v) is 12.6. The fraction of sp³-hybridized carbons (Fsp3) is 0.464. The van der Waals surface area contributed by atoms with Gasteiger partial charge in [0.25, 0.3) is 0 Å². The van der Waals surface area contributed by atoms with E-state index in [0.29, 0.717) is 18.4 Å². The lowest BCUT2D eigenvalue weighted by Crippen LogP contribution is -2.49. The SMILES string of the molecule is O=C(NC1CCCCC1)[C@@H]1C[C@H](COc2cccc(F)c2)CN(Cc2c[nH]c3ccccc23)C1. The fourth-order valence-electron chi connectivity index (χ4n) is 5.58. The van der Waals surface area contributed by atoms with Gasteiger partial charge in [-0.1, -0.05) is 43.5 Å². The molecule has 0 spiro atoms. The van der Waals surface area contributed by atoms with Crippen molar-refractivity contribution >= 4 is 16.8 Å². The third-order valence-electron chi connectivity index (χ3n) is 7.29. The first-order chi connectivity index (χ1) is 16.6. The molecule has 1 aliphatic carbocycles. The average Bonchev–Trinajstić information content (AvgIpc) is 3.26. The summed E-state index contributed by atoms with van der Waals surface area (Å²) >= 11 is 0. The summed E-state index contributed by atoms with van der Waals surface area (Å²) in [7, 11) is 0. The van der Waals surface area contributed by atoms with Gasteiger partial charge in [0.2, 0.25) is 5.91 Å². The van der Waals surface area contributed by atoms with Crippen LogP contribution in [0.5, 0.6) is 5.75 Å². The molecule has 1 saturated carbocycles. The molecule has 1 amide bonds. The molecule has 3 aromatic rings. The predicted octanol–water partition coefficient (Wildman–Crippen LogP) is 5.27. The van der Waals surface area contributed by atoms with E-state index in [1.807, 2.05) is 6.07 Å². The summed E-state index contributed by atoms with van der Waals surface area (Å²) in [6, 6.07) is 14.9. The van der Waals surface area contributed by atoms with Crippen LogP contribution < -0.4 is 10.1 Å². The minimum absolute atomic E-state index is 0.0676. The number of hydrogen-bond acceptors (Lipinski definition) is 3. The molecule has 2 atom stereocenters. The van der Waals surface area contributed by atoms with Crippen molar-refractivity contribution in [3.05, 3.63) is 66.1 Å². The van der Waals surface area contributed by atoms with Gasteiger partial charge in [0, 0.05) is 54.8 Å². The van der Waals surface area contributed by atoms with Crippen LogP contribution in [0.25, 0.3) is 10.9 Å². The molecule has 5 rings (SSSR count). The number of H-pyrrole nitrogens is 1. The van der Waals surface area contributed by atoms with E-state index >= 15 is 0 Å². The number of para-hydroxylation sites is 1. The van der Waals surface area contributed by atoms with Crippen molar-refractivity contribution in [2.45, 2.75) is 51.1 Å². The molecule has 2 fully saturated rings. The van der Waals surface area contributed by atoms with Gasteiger partial charge in [0.1, 0.15) is 11.6 Å². The predicted molar refractivity (Wildman–Crippen MR) is 132 cm³/mol. The Balaban J connectivity index is 1.28. The van der Waals surface area contributed by atoms with Gasteiger partial charge in [-0.05, 0) is 43.0 Å². The number of rotatable bonds is 7. The number of benzene rings is 2. The van der Waals surface area contributed by atoms with Crippen molar-refractivity contribution in [3.63, 3.8) is 0 Å². The van der Waals surface area contributed by atoms with Gasteiger partial charge in [-0.3, -0.25) is 9.69 Å². The van der Waals surface area contributed by atoms with E-state index in [0.717, 1.165) is 44.4 Å². The van der Waals surface area contributed by atoms with Crippen molar-refractivity contribution in [1.82, 2.24) is 15.2 Å². The number of piperidine rings is 1. The van der Waals surface area contributed by atoms with Gasteiger partial charge in [-0.15, -0.1) is 0 Å². The Morgan fingerprint density at radius 1 is 1.09 bits per heavy atom. The van der Waals surface area contributed by atoms with Crippen LogP contribution in [-0.2, 0) is 11.3 Å². The van der Waals surface area contributed by atoms with E-state index in [4.69, 9.17) is 4.74 Å². The molecule has 1 aliphatic heterocycles. The van der Waals surface area contributed by atoms with Crippen LogP contribution in [0.15, 0.2) is 54.7 Å². The molecule has 6 heteroatoms. The van der Waals surface area contributed by atoms with Crippen molar-refractivity contribution < 1.29 is 13.9 Å². The van der Waals surface area contributed by atoms with Crippen molar-refractivity contribution in [3.8, 4) is 5.75 Å². The molecule has 5 nitrogen and oxygen atoms in total. The highest BCUT2D eigenvalue weighted by Crippen LogP contribution is 2.28. The number of amides is 1. The minimum atomic E-state index is -0.299. The Morgan fingerprint density at radius 3 is 2.79 bits per heavy atom.